The third kappa shape index (κ3) is 3.86. The molecule has 1 aromatic rings. The molecule has 0 saturated carbocycles. The summed E-state index contributed by atoms with van der Waals surface area (Å²) in [5.74, 6) is -0.605. The van der Waals surface area contributed by atoms with Gasteiger partial charge in [0.15, 0.2) is 0 Å². The highest BCUT2D eigenvalue weighted by atomic mass is 31.1. The molecule has 0 radical (unpaired) electrons. The fraction of sp³-hybridized carbons (Fsp3) is 0.300. The molecule has 1 N–H and O–H groups in total. The van der Waals surface area contributed by atoms with E-state index in [-0.39, 0.29) is 6.61 Å². The maximum atomic E-state index is 11.2. The lowest BCUT2D eigenvalue weighted by Crippen LogP contribution is -2.21. The Bertz CT molecular complexity index is 325. The van der Waals surface area contributed by atoms with Gasteiger partial charge in [0.2, 0.25) is 0 Å². The van der Waals surface area contributed by atoms with Gasteiger partial charge >= 0.3 is 5.97 Å². The number of carbonyl (C=O) groups excluding carboxylic acids is 1. The molecule has 15 heavy (non-hydrogen) atoms. The molecule has 0 aliphatic rings. The van der Waals surface area contributed by atoms with Crippen molar-refractivity contribution in [1.29, 1.82) is 0 Å². The number of benzene rings is 1. The molecule has 0 amide bonds. The van der Waals surface area contributed by atoms with E-state index in [0.717, 1.165) is 5.56 Å². The number of hydrogen-bond acceptors (Lipinski definition) is 4. The van der Waals surface area contributed by atoms with Crippen LogP contribution in [0.1, 0.15) is 5.56 Å². The van der Waals surface area contributed by atoms with Crippen LogP contribution in [0.2, 0.25) is 0 Å². The Balaban J connectivity index is 2.44. The summed E-state index contributed by atoms with van der Waals surface area (Å²) >= 11 is 0. The minimum absolute atomic E-state index is 0.148. The summed E-state index contributed by atoms with van der Waals surface area (Å²) in [5.41, 5.74) is -0.00264. The standard InChI is InChI=1S/C10H13O4P/c11-6-9(15-13)10(12)14-7-8-4-2-1-3-5-8/h1-5,9,11H,6-7,15H2. The molecule has 2 atom stereocenters. The van der Waals surface area contributed by atoms with Gasteiger partial charge < -0.3 is 14.4 Å². The number of esters is 1. The molecular formula is C10H13O4P. The van der Waals surface area contributed by atoms with Gasteiger partial charge in [-0.05, 0) is 5.56 Å². The van der Waals surface area contributed by atoms with E-state index < -0.39 is 26.7 Å². The Kier molecular flexibility index (Phi) is 5.08. The zero-order valence-electron chi connectivity index (χ0n) is 8.13. The average Bonchev–Trinajstić information content (AvgIpc) is 2.29. The summed E-state index contributed by atoms with van der Waals surface area (Å²) in [7, 11) is -1.34. The monoisotopic (exact) mass is 228 g/mol. The summed E-state index contributed by atoms with van der Waals surface area (Å²) in [5, 5.41) is 8.71. The van der Waals surface area contributed by atoms with Crippen molar-refractivity contribution < 1.29 is 19.2 Å². The van der Waals surface area contributed by atoms with Crippen LogP contribution in [0.3, 0.4) is 0 Å². The average molecular weight is 228 g/mol. The van der Waals surface area contributed by atoms with Gasteiger partial charge in [0.1, 0.15) is 12.3 Å². The van der Waals surface area contributed by atoms with Crippen molar-refractivity contribution in [2.24, 2.45) is 0 Å². The number of carbonyl (C=O) groups is 1. The molecule has 0 aliphatic heterocycles. The van der Waals surface area contributed by atoms with E-state index in [4.69, 9.17) is 9.84 Å². The normalized spacial score (nSPS) is 12.9. The summed E-state index contributed by atoms with van der Waals surface area (Å²) < 4.78 is 15.4. The van der Waals surface area contributed by atoms with Gasteiger partial charge in [-0.1, -0.05) is 30.3 Å². The maximum Gasteiger partial charge on any atom is 0.318 e. The minimum Gasteiger partial charge on any atom is -0.460 e. The van der Waals surface area contributed by atoms with Crippen LogP contribution in [0.4, 0.5) is 0 Å². The zero-order chi connectivity index (χ0) is 11.1. The van der Waals surface area contributed by atoms with Crippen LogP contribution in [-0.4, -0.2) is 23.3 Å². The molecule has 1 rings (SSSR count). The molecule has 1 aromatic carbocycles. The number of aliphatic hydroxyl groups is 1. The lowest BCUT2D eigenvalue weighted by molar-refractivity contribution is -0.145. The van der Waals surface area contributed by atoms with Crippen molar-refractivity contribution in [2.45, 2.75) is 12.3 Å². The fourth-order valence-electron chi connectivity index (χ4n) is 1.01. The number of hydrogen-bond donors (Lipinski definition) is 1. The van der Waals surface area contributed by atoms with E-state index >= 15 is 0 Å². The first-order valence-corrected chi connectivity index (χ1v) is 5.68. The summed E-state index contributed by atoms with van der Waals surface area (Å²) in [4.78, 5) is 11.2. The van der Waals surface area contributed by atoms with E-state index in [1.54, 1.807) is 0 Å². The van der Waals surface area contributed by atoms with Crippen molar-refractivity contribution in [2.75, 3.05) is 6.61 Å². The van der Waals surface area contributed by atoms with Crippen LogP contribution in [0.25, 0.3) is 0 Å². The largest absolute Gasteiger partial charge is 0.460 e. The molecule has 4 nitrogen and oxygen atoms in total. The Morgan fingerprint density at radius 1 is 1.40 bits per heavy atom. The molecule has 0 aromatic heterocycles. The van der Waals surface area contributed by atoms with E-state index in [9.17, 15) is 9.36 Å². The first-order chi connectivity index (χ1) is 7.27. The van der Waals surface area contributed by atoms with Crippen LogP contribution in [-0.2, 0) is 20.7 Å². The molecule has 0 heterocycles. The van der Waals surface area contributed by atoms with Crippen molar-refractivity contribution in [1.82, 2.24) is 0 Å². The highest BCUT2D eigenvalue weighted by Gasteiger charge is 2.16. The molecule has 82 valence electrons. The predicted octanol–water partition coefficient (Wildman–Crippen LogP) is 0.847. The Labute approximate surface area is 89.1 Å². The van der Waals surface area contributed by atoms with Crippen LogP contribution in [0.15, 0.2) is 30.3 Å². The molecule has 2 unspecified atom stereocenters. The fourth-order valence-corrected chi connectivity index (χ4v) is 1.30. The Morgan fingerprint density at radius 2 is 2.07 bits per heavy atom. The quantitative estimate of drug-likeness (QED) is 0.599. The van der Waals surface area contributed by atoms with Crippen LogP contribution in [0, 0.1) is 0 Å². The van der Waals surface area contributed by atoms with Crippen LogP contribution in [0.5, 0.6) is 0 Å². The van der Waals surface area contributed by atoms with E-state index in [0.29, 0.717) is 0 Å². The van der Waals surface area contributed by atoms with Crippen molar-refractivity contribution >= 4 is 14.4 Å². The lowest BCUT2D eigenvalue weighted by atomic mass is 10.2. The van der Waals surface area contributed by atoms with Crippen LogP contribution < -0.4 is 0 Å². The zero-order valence-corrected chi connectivity index (χ0v) is 9.28. The smallest absolute Gasteiger partial charge is 0.318 e. The summed E-state index contributed by atoms with van der Waals surface area (Å²) in [6.45, 7) is -0.276. The lowest BCUT2D eigenvalue weighted by Gasteiger charge is -2.07. The number of ether oxygens (including phenoxy) is 1. The van der Waals surface area contributed by atoms with Crippen LogP contribution >= 0.6 is 8.46 Å². The van der Waals surface area contributed by atoms with Gasteiger partial charge in [0.05, 0.1) is 15.1 Å². The van der Waals surface area contributed by atoms with Gasteiger partial charge in [0.25, 0.3) is 0 Å². The predicted molar refractivity (Wildman–Crippen MR) is 57.5 cm³/mol. The third-order valence-corrected chi connectivity index (χ3v) is 2.70. The number of aliphatic hydroxyl groups excluding tert-OH is 1. The first-order valence-electron chi connectivity index (χ1n) is 4.54. The molecule has 0 fully saturated rings. The Morgan fingerprint density at radius 3 is 2.60 bits per heavy atom. The second-order valence-corrected chi connectivity index (χ2v) is 4.10. The third-order valence-electron chi connectivity index (χ3n) is 1.89. The molecule has 0 bridgehead atoms. The minimum atomic E-state index is -1.34. The summed E-state index contributed by atoms with van der Waals surface area (Å²) in [6.07, 6.45) is 0. The number of rotatable bonds is 5. The van der Waals surface area contributed by atoms with Gasteiger partial charge in [-0.25, -0.2) is 0 Å². The van der Waals surface area contributed by atoms with Crippen molar-refractivity contribution in [3.05, 3.63) is 35.9 Å². The van der Waals surface area contributed by atoms with Crippen molar-refractivity contribution in [3.8, 4) is 0 Å². The second-order valence-electron chi connectivity index (χ2n) is 3.02. The molecular weight excluding hydrogens is 215 g/mol. The molecule has 0 spiro atoms. The SMILES string of the molecule is O=[PH2]C(CO)C(=O)OCc1ccccc1. The topological polar surface area (TPSA) is 63.6 Å². The highest BCUT2D eigenvalue weighted by molar-refractivity contribution is 7.26. The molecule has 0 aliphatic carbocycles. The van der Waals surface area contributed by atoms with Gasteiger partial charge in [-0.15, -0.1) is 0 Å². The molecule has 0 saturated heterocycles. The Hall–Kier alpha value is -1.12. The molecule has 5 heteroatoms. The van der Waals surface area contributed by atoms with Crippen molar-refractivity contribution in [3.63, 3.8) is 0 Å². The summed E-state index contributed by atoms with van der Waals surface area (Å²) in [6, 6.07) is 9.19. The van der Waals surface area contributed by atoms with Gasteiger partial charge in [0, 0.05) is 0 Å². The highest BCUT2D eigenvalue weighted by Crippen LogP contribution is 2.09. The maximum absolute atomic E-state index is 11.2. The van der Waals surface area contributed by atoms with Gasteiger partial charge in [-0.3, -0.25) is 4.79 Å². The van der Waals surface area contributed by atoms with E-state index in [1.165, 1.54) is 0 Å². The first kappa shape index (κ1) is 12.0. The van der Waals surface area contributed by atoms with E-state index in [2.05, 4.69) is 0 Å². The second kappa shape index (κ2) is 6.38. The van der Waals surface area contributed by atoms with E-state index in [1.807, 2.05) is 30.3 Å². The van der Waals surface area contributed by atoms with Gasteiger partial charge in [-0.2, -0.15) is 0 Å².